The van der Waals surface area contributed by atoms with Gasteiger partial charge in [-0.3, -0.25) is 4.90 Å². The molecule has 1 aliphatic heterocycles. The fourth-order valence-corrected chi connectivity index (χ4v) is 5.73. The molecule has 36 heavy (non-hydrogen) atoms. The SMILES string of the molecule is COc1cccc([C@H](CN2CCN(S(=O)(=O)c3cccc(OC)c3)CC2)OCc2ccc(C)cc2)c1. The third-order valence-electron chi connectivity index (χ3n) is 6.47. The first-order valence-electron chi connectivity index (χ1n) is 12.1. The van der Waals surface area contributed by atoms with Gasteiger partial charge >= 0.3 is 0 Å². The second-order valence-electron chi connectivity index (χ2n) is 8.95. The van der Waals surface area contributed by atoms with Gasteiger partial charge in [-0.2, -0.15) is 4.31 Å². The first-order valence-corrected chi connectivity index (χ1v) is 13.5. The lowest BCUT2D eigenvalue weighted by Crippen LogP contribution is -2.49. The van der Waals surface area contributed by atoms with Crippen LogP contribution in [0, 0.1) is 6.92 Å². The van der Waals surface area contributed by atoms with E-state index < -0.39 is 10.0 Å². The summed E-state index contributed by atoms with van der Waals surface area (Å²) >= 11 is 0. The number of sulfonamides is 1. The average Bonchev–Trinajstić information content (AvgIpc) is 2.92. The number of ether oxygens (including phenoxy) is 3. The molecule has 8 heteroatoms. The molecule has 1 heterocycles. The van der Waals surface area contributed by atoms with Crippen molar-refractivity contribution in [2.24, 2.45) is 0 Å². The van der Waals surface area contributed by atoms with E-state index >= 15 is 0 Å². The van der Waals surface area contributed by atoms with Gasteiger partial charge in [0.25, 0.3) is 0 Å². The lowest BCUT2D eigenvalue weighted by molar-refractivity contribution is 0.00762. The van der Waals surface area contributed by atoms with Crippen LogP contribution in [0.4, 0.5) is 0 Å². The fraction of sp³-hybridized carbons (Fsp3) is 0.357. The Morgan fingerprint density at radius 3 is 2.14 bits per heavy atom. The highest BCUT2D eigenvalue weighted by molar-refractivity contribution is 7.89. The number of rotatable bonds is 10. The highest BCUT2D eigenvalue weighted by Gasteiger charge is 2.30. The van der Waals surface area contributed by atoms with Gasteiger partial charge in [-0.1, -0.05) is 48.0 Å². The number of methoxy groups -OCH3 is 2. The number of nitrogens with zero attached hydrogens (tertiary/aromatic N) is 2. The molecule has 1 fully saturated rings. The number of piperazine rings is 1. The minimum atomic E-state index is -3.58. The number of hydrogen-bond acceptors (Lipinski definition) is 6. The van der Waals surface area contributed by atoms with E-state index in [2.05, 4.69) is 36.1 Å². The Balaban J connectivity index is 1.43. The topological polar surface area (TPSA) is 68.3 Å². The molecule has 3 aromatic rings. The molecule has 1 saturated heterocycles. The van der Waals surface area contributed by atoms with Crippen LogP contribution in [0.5, 0.6) is 11.5 Å². The number of aryl methyl sites for hydroxylation is 1. The van der Waals surface area contributed by atoms with Crippen molar-refractivity contribution in [1.29, 1.82) is 0 Å². The minimum Gasteiger partial charge on any atom is -0.497 e. The van der Waals surface area contributed by atoms with Crippen molar-refractivity contribution in [1.82, 2.24) is 9.21 Å². The quantitative estimate of drug-likeness (QED) is 0.406. The summed E-state index contributed by atoms with van der Waals surface area (Å²) in [5.41, 5.74) is 3.36. The van der Waals surface area contributed by atoms with E-state index in [0.717, 1.165) is 16.9 Å². The maximum absolute atomic E-state index is 13.2. The van der Waals surface area contributed by atoms with Crippen molar-refractivity contribution in [3.05, 3.63) is 89.5 Å². The first-order chi connectivity index (χ1) is 17.4. The average molecular weight is 511 g/mol. The maximum atomic E-state index is 13.2. The van der Waals surface area contributed by atoms with Gasteiger partial charge in [0.15, 0.2) is 0 Å². The lowest BCUT2D eigenvalue weighted by Gasteiger charge is -2.36. The van der Waals surface area contributed by atoms with Crippen molar-refractivity contribution in [2.45, 2.75) is 24.5 Å². The molecule has 4 rings (SSSR count). The summed E-state index contributed by atoms with van der Waals surface area (Å²) in [6, 6.07) is 22.9. The smallest absolute Gasteiger partial charge is 0.243 e. The van der Waals surface area contributed by atoms with Gasteiger partial charge in [-0.15, -0.1) is 0 Å². The van der Waals surface area contributed by atoms with E-state index in [1.807, 2.05) is 24.3 Å². The van der Waals surface area contributed by atoms with Crippen LogP contribution in [0.15, 0.2) is 77.7 Å². The first kappa shape index (κ1) is 26.2. The Hall–Kier alpha value is -2.91. The molecule has 0 N–H and O–H groups in total. The van der Waals surface area contributed by atoms with Crippen LogP contribution in [0.2, 0.25) is 0 Å². The summed E-state index contributed by atoms with van der Waals surface area (Å²) in [7, 11) is -0.391. The largest absolute Gasteiger partial charge is 0.497 e. The summed E-state index contributed by atoms with van der Waals surface area (Å²) in [5.74, 6) is 1.31. The van der Waals surface area contributed by atoms with Gasteiger partial charge in [0, 0.05) is 38.8 Å². The molecule has 0 saturated carbocycles. The summed E-state index contributed by atoms with van der Waals surface area (Å²) in [4.78, 5) is 2.52. The second-order valence-corrected chi connectivity index (χ2v) is 10.9. The van der Waals surface area contributed by atoms with Crippen molar-refractivity contribution in [3.63, 3.8) is 0 Å². The van der Waals surface area contributed by atoms with Crippen molar-refractivity contribution in [2.75, 3.05) is 46.9 Å². The molecule has 0 bridgehead atoms. The molecular formula is C28H34N2O5S. The Kier molecular flexibility index (Phi) is 8.64. The molecule has 1 atom stereocenters. The summed E-state index contributed by atoms with van der Waals surface area (Å²) in [6.07, 6.45) is -0.178. The summed E-state index contributed by atoms with van der Waals surface area (Å²) in [5, 5.41) is 0. The fourth-order valence-electron chi connectivity index (χ4n) is 4.27. The molecule has 0 spiro atoms. The van der Waals surface area contributed by atoms with Crippen molar-refractivity contribution >= 4 is 10.0 Å². The van der Waals surface area contributed by atoms with E-state index in [1.54, 1.807) is 35.7 Å². The molecule has 0 amide bonds. The zero-order valence-corrected chi connectivity index (χ0v) is 21.9. The van der Waals surface area contributed by atoms with Gasteiger partial charge in [0.1, 0.15) is 11.5 Å². The third-order valence-corrected chi connectivity index (χ3v) is 8.37. The van der Waals surface area contributed by atoms with Gasteiger partial charge < -0.3 is 14.2 Å². The molecule has 3 aromatic carbocycles. The Morgan fingerprint density at radius 1 is 0.833 bits per heavy atom. The lowest BCUT2D eigenvalue weighted by atomic mass is 10.1. The van der Waals surface area contributed by atoms with Crippen molar-refractivity contribution < 1.29 is 22.6 Å². The Morgan fingerprint density at radius 2 is 1.47 bits per heavy atom. The number of benzene rings is 3. The maximum Gasteiger partial charge on any atom is 0.243 e. The molecular weight excluding hydrogens is 476 g/mol. The Labute approximate surface area is 214 Å². The van der Waals surface area contributed by atoms with E-state index in [0.29, 0.717) is 45.1 Å². The van der Waals surface area contributed by atoms with E-state index in [-0.39, 0.29) is 11.0 Å². The highest BCUT2D eigenvalue weighted by Crippen LogP contribution is 2.26. The van der Waals surface area contributed by atoms with Crippen LogP contribution in [0.1, 0.15) is 22.8 Å². The van der Waals surface area contributed by atoms with Crippen LogP contribution < -0.4 is 9.47 Å². The summed E-state index contributed by atoms with van der Waals surface area (Å²) in [6.45, 7) is 5.30. The Bertz CT molecular complexity index is 1240. The molecule has 192 valence electrons. The zero-order valence-electron chi connectivity index (χ0n) is 21.1. The van der Waals surface area contributed by atoms with Gasteiger partial charge in [-0.25, -0.2) is 8.42 Å². The number of hydrogen-bond donors (Lipinski definition) is 0. The van der Waals surface area contributed by atoms with E-state index in [4.69, 9.17) is 14.2 Å². The summed E-state index contributed by atoms with van der Waals surface area (Å²) < 4.78 is 44.9. The van der Waals surface area contributed by atoms with Crippen LogP contribution in [-0.2, 0) is 21.4 Å². The van der Waals surface area contributed by atoms with Gasteiger partial charge in [-0.05, 0) is 42.3 Å². The second kappa shape index (κ2) is 11.9. The van der Waals surface area contributed by atoms with E-state index in [1.165, 1.54) is 12.7 Å². The van der Waals surface area contributed by atoms with Gasteiger partial charge in [0.05, 0.1) is 31.8 Å². The minimum absolute atomic E-state index is 0.178. The molecule has 0 aliphatic carbocycles. The van der Waals surface area contributed by atoms with E-state index in [9.17, 15) is 8.42 Å². The predicted molar refractivity (Wildman–Crippen MR) is 140 cm³/mol. The molecule has 1 aliphatic rings. The van der Waals surface area contributed by atoms with Gasteiger partial charge in [0.2, 0.25) is 10.0 Å². The highest BCUT2D eigenvalue weighted by atomic mass is 32.2. The third kappa shape index (κ3) is 6.44. The van der Waals surface area contributed by atoms with Crippen LogP contribution >= 0.6 is 0 Å². The molecule has 0 unspecified atom stereocenters. The monoisotopic (exact) mass is 510 g/mol. The van der Waals surface area contributed by atoms with Crippen LogP contribution in [0.3, 0.4) is 0 Å². The molecule has 0 radical (unpaired) electrons. The normalized spacial score (nSPS) is 16.0. The standard InChI is InChI=1S/C28H34N2O5S/c1-22-10-12-23(13-11-22)21-35-28(24-6-4-7-25(18-24)33-2)20-29-14-16-30(17-15-29)36(31,32)27-9-5-8-26(19-27)34-3/h4-13,18-19,28H,14-17,20-21H2,1-3H3/t28-/m0/s1. The van der Waals surface area contributed by atoms with Crippen LogP contribution in [-0.4, -0.2) is 64.6 Å². The predicted octanol–water partition coefficient (Wildman–Crippen LogP) is 4.28. The van der Waals surface area contributed by atoms with Crippen molar-refractivity contribution in [3.8, 4) is 11.5 Å². The molecule has 7 nitrogen and oxygen atoms in total. The molecule has 0 aromatic heterocycles. The van der Waals surface area contributed by atoms with Crippen LogP contribution in [0.25, 0.3) is 0 Å². The zero-order chi connectivity index (χ0) is 25.5.